The Labute approximate surface area is 206 Å². The van der Waals surface area contributed by atoms with Crippen molar-refractivity contribution in [2.24, 2.45) is 0 Å². The zero-order valence-electron chi connectivity index (χ0n) is 19.6. The summed E-state index contributed by atoms with van der Waals surface area (Å²) in [6.07, 6.45) is 4.09. The van der Waals surface area contributed by atoms with Gasteiger partial charge in [0.05, 0.1) is 30.0 Å². The van der Waals surface area contributed by atoms with Crippen LogP contribution in [0.4, 0.5) is 5.69 Å². The number of carbonyl (C=O) groups excluding carboxylic acids is 1. The van der Waals surface area contributed by atoms with E-state index in [4.69, 9.17) is 0 Å². The minimum Gasteiger partial charge on any atom is -0.392 e. The third kappa shape index (κ3) is 5.36. The van der Waals surface area contributed by atoms with Crippen LogP contribution in [0.3, 0.4) is 0 Å². The number of nitrogens with one attached hydrogen (secondary N) is 2. The van der Waals surface area contributed by atoms with Gasteiger partial charge in [0.15, 0.2) is 0 Å². The van der Waals surface area contributed by atoms with E-state index in [-0.39, 0.29) is 30.2 Å². The molecule has 0 spiro atoms. The fourth-order valence-electron chi connectivity index (χ4n) is 4.85. The summed E-state index contributed by atoms with van der Waals surface area (Å²) in [5, 5.41) is 10.0. The third-order valence-electron chi connectivity index (χ3n) is 6.74. The number of aliphatic hydroxyl groups excluding tert-OH is 1. The van der Waals surface area contributed by atoms with E-state index < -0.39 is 10.8 Å². The number of benzene rings is 2. The van der Waals surface area contributed by atoms with Crippen LogP contribution in [-0.2, 0) is 17.0 Å². The maximum absolute atomic E-state index is 13.4. The molecular weight excluding hydrogens is 466 g/mol. The first-order valence-electron chi connectivity index (χ1n) is 11.7. The minimum absolute atomic E-state index is 0.0392. The number of hydrogen-bond donors (Lipinski definition) is 5. The number of β-amino-alcohol motifs (C(OH)–C–C–N with tert-alkyl or cyclic N) is 1. The molecule has 3 heterocycles. The predicted molar refractivity (Wildman–Crippen MR) is 137 cm³/mol. The van der Waals surface area contributed by atoms with E-state index in [1.165, 1.54) is 0 Å². The van der Waals surface area contributed by atoms with Gasteiger partial charge in [-0.05, 0) is 35.2 Å². The fraction of sp³-hybridized carbons (Fsp3) is 0.360. The molecule has 0 bridgehead atoms. The highest BCUT2D eigenvalue weighted by Crippen LogP contribution is 2.50. The molecule has 1 fully saturated rings. The number of carbonyl (C=O) groups is 1. The molecular formula is C25H31N5O4S. The van der Waals surface area contributed by atoms with Gasteiger partial charge in [0.2, 0.25) is 5.91 Å². The first kappa shape index (κ1) is 23.8. The molecule has 10 heteroatoms. The van der Waals surface area contributed by atoms with Gasteiger partial charge in [0.25, 0.3) is 0 Å². The predicted octanol–water partition coefficient (Wildman–Crippen LogP) is 3.48. The summed E-state index contributed by atoms with van der Waals surface area (Å²) in [4.78, 5) is 24.9. The number of likely N-dealkylation sites (tertiary alicyclic amines) is 1. The third-order valence-corrected chi connectivity index (χ3v) is 8.00. The Hall–Kier alpha value is -2.89. The minimum atomic E-state index is -2.84. The van der Waals surface area contributed by atoms with Crippen LogP contribution in [0.1, 0.15) is 29.2 Å². The van der Waals surface area contributed by atoms with Crippen molar-refractivity contribution in [3.8, 4) is 11.4 Å². The molecule has 2 atom stereocenters. The molecule has 186 valence electrons. The van der Waals surface area contributed by atoms with E-state index in [0.29, 0.717) is 18.8 Å². The zero-order valence-corrected chi connectivity index (χ0v) is 20.4. The van der Waals surface area contributed by atoms with Gasteiger partial charge < -0.3 is 15.0 Å². The van der Waals surface area contributed by atoms with Crippen molar-refractivity contribution < 1.29 is 19.0 Å². The topological polar surface area (TPSA) is 125 Å². The monoisotopic (exact) mass is 497 g/mol. The van der Waals surface area contributed by atoms with Gasteiger partial charge in [0.1, 0.15) is 5.82 Å². The number of rotatable bonds is 7. The molecule has 1 aromatic heterocycles. The van der Waals surface area contributed by atoms with Crippen molar-refractivity contribution in [1.82, 2.24) is 19.8 Å². The highest BCUT2D eigenvalue weighted by atomic mass is 32.3. The molecule has 1 amide bonds. The molecule has 5 N–H and O–H groups in total. The molecule has 0 aliphatic carbocycles. The number of aromatic amines is 1. The van der Waals surface area contributed by atoms with E-state index in [1.807, 2.05) is 43.4 Å². The Morgan fingerprint density at radius 3 is 2.89 bits per heavy atom. The Kier molecular flexibility index (Phi) is 6.56. The smallest absolute Gasteiger partial charge is 0.227 e. The summed E-state index contributed by atoms with van der Waals surface area (Å²) < 4.78 is 22.7. The largest absolute Gasteiger partial charge is 0.392 e. The quantitative estimate of drug-likeness (QED) is 0.338. The molecule has 5 rings (SSSR count). The maximum Gasteiger partial charge on any atom is 0.227 e. The molecule has 0 saturated carbocycles. The van der Waals surface area contributed by atoms with E-state index >= 15 is 0 Å². The van der Waals surface area contributed by atoms with E-state index in [0.717, 1.165) is 41.0 Å². The van der Waals surface area contributed by atoms with Crippen LogP contribution in [-0.4, -0.2) is 72.7 Å². The van der Waals surface area contributed by atoms with E-state index in [1.54, 1.807) is 17.3 Å². The standard InChI is InChI=1S/C25H31N5O4S/c1-29(24(32)12-17-5-6-20-16-35(33,34)28-22(20)11-17)23(15-30-10-7-21(31)14-30)18-3-2-4-19(13-18)25-26-8-9-27-25/h2-6,8-9,11,13,21,23,28,31,33-34H,7,10,12,14-16H2,1H3,(H,26,27)/t21-,23+/m0/s1. The number of likely N-dealkylation sites (N-methyl/N-ethyl adjacent to an activating group) is 1. The highest BCUT2D eigenvalue weighted by molar-refractivity contribution is 8.25. The lowest BCUT2D eigenvalue weighted by Gasteiger charge is -2.32. The lowest BCUT2D eigenvalue weighted by molar-refractivity contribution is -0.131. The van der Waals surface area contributed by atoms with Crippen molar-refractivity contribution in [3.63, 3.8) is 0 Å². The van der Waals surface area contributed by atoms with Gasteiger partial charge in [-0.15, -0.1) is 10.8 Å². The number of anilines is 1. The summed E-state index contributed by atoms with van der Waals surface area (Å²) in [5.74, 6) is 0.919. The van der Waals surface area contributed by atoms with Gasteiger partial charge in [0, 0.05) is 44.6 Å². The first-order valence-corrected chi connectivity index (χ1v) is 13.4. The molecule has 2 aliphatic rings. The summed E-state index contributed by atoms with van der Waals surface area (Å²) in [5.41, 5.74) is 4.27. The van der Waals surface area contributed by atoms with Crippen molar-refractivity contribution in [1.29, 1.82) is 0 Å². The Morgan fingerprint density at radius 2 is 2.14 bits per heavy atom. The average Bonchev–Trinajstić information content (AvgIpc) is 3.56. The second-order valence-electron chi connectivity index (χ2n) is 9.37. The van der Waals surface area contributed by atoms with Crippen molar-refractivity contribution >= 4 is 22.4 Å². The number of fused-ring (bicyclic) bond motifs is 1. The maximum atomic E-state index is 13.4. The molecule has 35 heavy (non-hydrogen) atoms. The van der Waals surface area contributed by atoms with Crippen molar-refractivity contribution in [2.75, 3.05) is 31.4 Å². The Balaban J connectivity index is 1.37. The number of H-pyrrole nitrogens is 1. The number of amides is 1. The van der Waals surface area contributed by atoms with Gasteiger partial charge in [-0.2, -0.15) is 0 Å². The van der Waals surface area contributed by atoms with E-state index in [9.17, 15) is 19.0 Å². The number of aliphatic hydroxyl groups is 1. The normalized spacial score (nSPS) is 20.7. The molecule has 3 aromatic rings. The number of nitrogens with zero attached hydrogens (tertiary/aromatic N) is 3. The fourth-order valence-corrected chi connectivity index (χ4v) is 6.15. The summed E-state index contributed by atoms with van der Waals surface area (Å²) in [6, 6.07) is 13.4. The zero-order chi connectivity index (χ0) is 24.6. The molecule has 2 aromatic carbocycles. The van der Waals surface area contributed by atoms with Crippen LogP contribution in [0.15, 0.2) is 54.9 Å². The molecule has 9 nitrogen and oxygen atoms in total. The lowest BCUT2D eigenvalue weighted by Crippen LogP contribution is -2.39. The van der Waals surface area contributed by atoms with Crippen molar-refractivity contribution in [3.05, 3.63) is 71.5 Å². The Bertz CT molecular complexity index is 1200. The van der Waals surface area contributed by atoms with Crippen LogP contribution >= 0.6 is 10.8 Å². The summed E-state index contributed by atoms with van der Waals surface area (Å²) in [6.45, 7) is 2.01. The SMILES string of the molecule is CN(C(=O)Cc1ccc2c(c1)NS(O)(O)C2)[C@H](CN1CC[C@H](O)C1)c1cccc(-c2ncc[nH]2)c1. The number of imidazole rings is 1. The van der Waals surface area contributed by atoms with Crippen LogP contribution in [0.25, 0.3) is 11.4 Å². The van der Waals surface area contributed by atoms with Crippen LogP contribution in [0.2, 0.25) is 0 Å². The molecule has 0 unspecified atom stereocenters. The molecule has 2 aliphatic heterocycles. The second-order valence-corrected chi connectivity index (χ2v) is 11.2. The molecule has 1 saturated heterocycles. The Morgan fingerprint density at radius 1 is 1.29 bits per heavy atom. The average molecular weight is 498 g/mol. The summed E-state index contributed by atoms with van der Waals surface area (Å²) >= 11 is 0. The van der Waals surface area contributed by atoms with E-state index in [2.05, 4.69) is 25.7 Å². The van der Waals surface area contributed by atoms with Gasteiger partial charge >= 0.3 is 0 Å². The van der Waals surface area contributed by atoms with Crippen molar-refractivity contribution in [2.45, 2.75) is 30.7 Å². The van der Waals surface area contributed by atoms with Crippen LogP contribution in [0.5, 0.6) is 0 Å². The number of hydrogen-bond acceptors (Lipinski definition) is 7. The summed E-state index contributed by atoms with van der Waals surface area (Å²) in [7, 11) is -1.02. The molecule has 0 radical (unpaired) electrons. The second kappa shape index (κ2) is 9.63. The van der Waals surface area contributed by atoms with Gasteiger partial charge in [-0.1, -0.05) is 30.3 Å². The number of aromatic nitrogens is 2. The van der Waals surface area contributed by atoms with Crippen LogP contribution < -0.4 is 4.72 Å². The highest BCUT2D eigenvalue weighted by Gasteiger charge is 2.29. The van der Waals surface area contributed by atoms with Crippen LogP contribution in [0, 0.1) is 0 Å². The first-order chi connectivity index (χ1) is 16.8. The lowest BCUT2D eigenvalue weighted by atomic mass is 10.0. The van der Waals surface area contributed by atoms with Gasteiger partial charge in [-0.3, -0.25) is 23.5 Å². The van der Waals surface area contributed by atoms with Gasteiger partial charge in [-0.25, -0.2) is 4.98 Å².